The number of hydrogen-bond donors (Lipinski definition) is 2. The van der Waals surface area contributed by atoms with Gasteiger partial charge in [-0.3, -0.25) is 4.79 Å². The summed E-state index contributed by atoms with van der Waals surface area (Å²) < 4.78 is 0. The number of nitrogens with two attached hydrogens (primary N) is 1. The summed E-state index contributed by atoms with van der Waals surface area (Å²) in [5.41, 5.74) is 7.91. The number of carbonyl (C=O) groups excluding carboxylic acids is 1. The number of hydrogen-bond acceptors (Lipinski definition) is 3. The molecule has 4 heteroatoms. The van der Waals surface area contributed by atoms with E-state index in [1.165, 1.54) is 0 Å². The molecule has 0 saturated carbocycles. The zero-order valence-corrected chi connectivity index (χ0v) is 11.1. The Balaban J connectivity index is 2.86. The maximum atomic E-state index is 12.3. The fourth-order valence-corrected chi connectivity index (χ4v) is 1.90. The van der Waals surface area contributed by atoms with Gasteiger partial charge in [0.1, 0.15) is 0 Å². The van der Waals surface area contributed by atoms with E-state index in [-0.39, 0.29) is 12.5 Å². The molecule has 1 amide bonds. The Bertz CT molecular complexity index is 385. The fraction of sp³-hybridized carbons (Fsp3) is 0.500. The highest BCUT2D eigenvalue weighted by Crippen LogP contribution is 2.14. The molecule has 4 nitrogen and oxygen atoms in total. The first-order valence-electron chi connectivity index (χ1n) is 6.35. The molecule has 100 valence electrons. The Kier molecular flexibility index (Phi) is 5.65. The van der Waals surface area contributed by atoms with Crippen LogP contribution in [0.15, 0.2) is 18.2 Å². The van der Waals surface area contributed by atoms with Crippen LogP contribution >= 0.6 is 0 Å². The predicted octanol–water partition coefficient (Wildman–Crippen LogP) is 1.81. The first kappa shape index (κ1) is 14.5. The third-order valence-electron chi connectivity index (χ3n) is 2.79. The van der Waals surface area contributed by atoms with Gasteiger partial charge in [0.05, 0.1) is 6.61 Å². The summed E-state index contributed by atoms with van der Waals surface area (Å²) in [7, 11) is 0. The molecule has 0 atom stereocenters. The smallest absolute Gasteiger partial charge is 0.254 e. The van der Waals surface area contributed by atoms with Crippen molar-refractivity contribution in [2.24, 2.45) is 0 Å². The summed E-state index contributed by atoms with van der Waals surface area (Å²) in [6, 6.07) is 5.35. The summed E-state index contributed by atoms with van der Waals surface area (Å²) in [4.78, 5) is 14.0. The summed E-state index contributed by atoms with van der Waals surface area (Å²) in [5.74, 6) is -0.0621. The van der Waals surface area contributed by atoms with Crippen molar-refractivity contribution in [3.63, 3.8) is 0 Å². The normalized spacial score (nSPS) is 10.4. The van der Waals surface area contributed by atoms with Crippen LogP contribution in [0.2, 0.25) is 0 Å². The fourth-order valence-electron chi connectivity index (χ4n) is 1.90. The molecule has 0 aliphatic carbocycles. The largest absolute Gasteiger partial charge is 0.399 e. The molecule has 1 aromatic carbocycles. The number of nitrogens with zero attached hydrogens (tertiary/aromatic N) is 1. The van der Waals surface area contributed by atoms with E-state index < -0.39 is 0 Å². The molecule has 0 heterocycles. The van der Waals surface area contributed by atoms with Gasteiger partial charge in [0, 0.05) is 24.3 Å². The number of rotatable bonds is 6. The van der Waals surface area contributed by atoms with Crippen LogP contribution in [0.25, 0.3) is 0 Å². The van der Waals surface area contributed by atoms with Crippen molar-refractivity contribution < 1.29 is 9.90 Å². The Morgan fingerprint density at radius 1 is 1.33 bits per heavy atom. The van der Waals surface area contributed by atoms with Gasteiger partial charge in [-0.25, -0.2) is 0 Å². The van der Waals surface area contributed by atoms with Gasteiger partial charge in [0.2, 0.25) is 0 Å². The maximum absolute atomic E-state index is 12.3. The molecule has 0 aliphatic rings. The van der Waals surface area contributed by atoms with Crippen LogP contribution in [0.3, 0.4) is 0 Å². The summed E-state index contributed by atoms with van der Waals surface area (Å²) in [6.07, 6.45) is 1.96. The van der Waals surface area contributed by atoms with E-state index in [0.717, 1.165) is 18.4 Å². The number of benzene rings is 1. The standard InChI is InChI=1S/C14H22N2O2/c1-3-4-5-16(6-7-17)14(18)12-8-11(2)9-13(15)10-12/h8-10,17H,3-7,15H2,1-2H3. The van der Waals surface area contributed by atoms with Crippen molar-refractivity contribution in [2.75, 3.05) is 25.4 Å². The molecular weight excluding hydrogens is 228 g/mol. The lowest BCUT2D eigenvalue weighted by molar-refractivity contribution is 0.0719. The number of anilines is 1. The van der Waals surface area contributed by atoms with E-state index in [4.69, 9.17) is 10.8 Å². The van der Waals surface area contributed by atoms with Crippen LogP contribution in [-0.2, 0) is 0 Å². The zero-order valence-electron chi connectivity index (χ0n) is 11.1. The molecule has 0 bridgehead atoms. The third-order valence-corrected chi connectivity index (χ3v) is 2.79. The lowest BCUT2D eigenvalue weighted by atomic mass is 10.1. The number of carbonyl (C=O) groups is 1. The first-order valence-corrected chi connectivity index (χ1v) is 6.35. The minimum Gasteiger partial charge on any atom is -0.399 e. The highest BCUT2D eigenvalue weighted by Gasteiger charge is 2.15. The molecular formula is C14H22N2O2. The van der Waals surface area contributed by atoms with Crippen molar-refractivity contribution in [2.45, 2.75) is 26.7 Å². The van der Waals surface area contributed by atoms with Gasteiger partial charge in [-0.1, -0.05) is 13.3 Å². The molecule has 18 heavy (non-hydrogen) atoms. The van der Waals surface area contributed by atoms with Crippen LogP contribution < -0.4 is 5.73 Å². The number of aliphatic hydroxyl groups excluding tert-OH is 1. The van der Waals surface area contributed by atoms with Gasteiger partial charge in [0.25, 0.3) is 5.91 Å². The number of aryl methyl sites for hydroxylation is 1. The highest BCUT2D eigenvalue weighted by molar-refractivity contribution is 5.95. The molecule has 1 rings (SSSR count). The Morgan fingerprint density at radius 3 is 2.61 bits per heavy atom. The lowest BCUT2D eigenvalue weighted by Gasteiger charge is -2.22. The van der Waals surface area contributed by atoms with E-state index in [0.29, 0.717) is 24.3 Å². The van der Waals surface area contributed by atoms with Gasteiger partial charge >= 0.3 is 0 Å². The average molecular weight is 250 g/mol. The second-order valence-corrected chi connectivity index (χ2v) is 4.50. The van der Waals surface area contributed by atoms with Crippen molar-refractivity contribution in [1.29, 1.82) is 0 Å². The molecule has 0 aliphatic heterocycles. The lowest BCUT2D eigenvalue weighted by Crippen LogP contribution is -2.34. The quantitative estimate of drug-likeness (QED) is 0.757. The molecule has 3 N–H and O–H groups in total. The van der Waals surface area contributed by atoms with Gasteiger partial charge in [0.15, 0.2) is 0 Å². The SMILES string of the molecule is CCCCN(CCO)C(=O)c1cc(C)cc(N)c1. The predicted molar refractivity (Wildman–Crippen MR) is 73.5 cm³/mol. The maximum Gasteiger partial charge on any atom is 0.254 e. The number of aliphatic hydroxyl groups is 1. The Hall–Kier alpha value is -1.55. The molecule has 0 saturated heterocycles. The minimum atomic E-state index is -0.0621. The van der Waals surface area contributed by atoms with Gasteiger partial charge < -0.3 is 15.7 Å². The zero-order chi connectivity index (χ0) is 13.5. The van der Waals surface area contributed by atoms with E-state index >= 15 is 0 Å². The second-order valence-electron chi connectivity index (χ2n) is 4.50. The van der Waals surface area contributed by atoms with Crippen LogP contribution in [-0.4, -0.2) is 35.6 Å². The molecule has 0 unspecified atom stereocenters. The number of amides is 1. The van der Waals surface area contributed by atoms with E-state index in [2.05, 4.69) is 6.92 Å². The minimum absolute atomic E-state index is 0.0171. The number of unbranched alkanes of at least 4 members (excludes halogenated alkanes) is 1. The van der Waals surface area contributed by atoms with Crippen LogP contribution in [0.1, 0.15) is 35.7 Å². The average Bonchev–Trinajstić information content (AvgIpc) is 2.32. The summed E-state index contributed by atoms with van der Waals surface area (Å²) in [5, 5.41) is 9.02. The van der Waals surface area contributed by atoms with Gasteiger partial charge in [-0.05, 0) is 37.1 Å². The number of nitrogen functional groups attached to an aromatic ring is 1. The van der Waals surface area contributed by atoms with Gasteiger partial charge in [-0.15, -0.1) is 0 Å². The first-order chi connectivity index (χ1) is 8.58. The van der Waals surface area contributed by atoms with Crippen LogP contribution in [0, 0.1) is 6.92 Å². The van der Waals surface area contributed by atoms with Crippen molar-refractivity contribution >= 4 is 11.6 Å². The van der Waals surface area contributed by atoms with E-state index in [9.17, 15) is 4.79 Å². The van der Waals surface area contributed by atoms with Gasteiger partial charge in [-0.2, -0.15) is 0 Å². The monoisotopic (exact) mass is 250 g/mol. The van der Waals surface area contributed by atoms with Crippen molar-refractivity contribution in [1.82, 2.24) is 4.90 Å². The summed E-state index contributed by atoms with van der Waals surface area (Å²) >= 11 is 0. The van der Waals surface area contributed by atoms with Crippen molar-refractivity contribution in [3.8, 4) is 0 Å². The molecule has 1 aromatic rings. The Morgan fingerprint density at radius 2 is 2.06 bits per heavy atom. The van der Waals surface area contributed by atoms with E-state index in [1.807, 2.05) is 19.1 Å². The Labute approximate surface area is 108 Å². The van der Waals surface area contributed by atoms with Crippen LogP contribution in [0.4, 0.5) is 5.69 Å². The molecule has 0 radical (unpaired) electrons. The topological polar surface area (TPSA) is 66.6 Å². The molecule has 0 fully saturated rings. The van der Waals surface area contributed by atoms with Crippen LogP contribution in [0.5, 0.6) is 0 Å². The van der Waals surface area contributed by atoms with Crippen molar-refractivity contribution in [3.05, 3.63) is 29.3 Å². The van der Waals surface area contributed by atoms with E-state index in [1.54, 1.807) is 11.0 Å². The second kappa shape index (κ2) is 7.01. The molecule has 0 aromatic heterocycles. The third kappa shape index (κ3) is 4.04. The summed E-state index contributed by atoms with van der Waals surface area (Å²) in [6.45, 7) is 5.01. The molecule has 0 spiro atoms. The highest BCUT2D eigenvalue weighted by atomic mass is 16.3.